The zero-order chi connectivity index (χ0) is 35.2. The number of amides is 2. The van der Waals surface area contributed by atoms with E-state index in [0.29, 0.717) is 22.1 Å². The van der Waals surface area contributed by atoms with Gasteiger partial charge in [0.1, 0.15) is 41.2 Å². The van der Waals surface area contributed by atoms with Gasteiger partial charge in [-0.3, -0.25) is 4.79 Å². The number of fused-ring (bicyclic) bond motifs is 3. The van der Waals surface area contributed by atoms with Gasteiger partial charge in [-0.15, -0.1) is 11.3 Å². The summed E-state index contributed by atoms with van der Waals surface area (Å²) < 4.78 is 31.2. The molecule has 7 rings (SSSR count). The molecule has 51 heavy (non-hydrogen) atoms. The van der Waals surface area contributed by atoms with Crippen molar-refractivity contribution >= 4 is 23.3 Å². The Bertz CT molecular complexity index is 2160. The van der Waals surface area contributed by atoms with Crippen LogP contribution in [0.3, 0.4) is 0 Å². The van der Waals surface area contributed by atoms with E-state index < -0.39 is 11.9 Å². The molecule has 0 radical (unpaired) electrons. The van der Waals surface area contributed by atoms with Crippen LogP contribution in [-0.2, 0) is 24.4 Å². The molecular weight excluding hydrogens is 666 g/mol. The molecule has 0 saturated carbocycles. The number of ether oxygens (including phenoxy) is 3. The lowest BCUT2D eigenvalue weighted by Gasteiger charge is -2.14. The molecule has 0 unspecified atom stereocenters. The van der Waals surface area contributed by atoms with Gasteiger partial charge >= 0.3 is 6.09 Å². The first-order chi connectivity index (χ1) is 24.9. The Balaban J connectivity index is 0.911. The third-order valence-corrected chi connectivity index (χ3v) is 9.58. The number of aromatic nitrogens is 1. The van der Waals surface area contributed by atoms with Crippen molar-refractivity contribution in [1.82, 2.24) is 15.6 Å². The molecule has 1 aromatic heterocycles. The zero-order valence-corrected chi connectivity index (χ0v) is 28.5. The molecule has 0 spiro atoms. The van der Waals surface area contributed by atoms with Crippen molar-refractivity contribution in [3.8, 4) is 33.2 Å². The molecule has 1 aliphatic carbocycles. The first-order valence-electron chi connectivity index (χ1n) is 16.4. The Morgan fingerprint density at radius 1 is 0.784 bits per heavy atom. The van der Waals surface area contributed by atoms with Crippen LogP contribution in [0.2, 0.25) is 0 Å². The Morgan fingerprint density at radius 2 is 1.49 bits per heavy atom. The van der Waals surface area contributed by atoms with Crippen LogP contribution in [0.5, 0.6) is 11.5 Å². The quantitative estimate of drug-likeness (QED) is 0.133. The second-order valence-corrected chi connectivity index (χ2v) is 12.9. The number of thiazole rings is 1. The van der Waals surface area contributed by atoms with Crippen LogP contribution in [-0.4, -0.2) is 30.7 Å². The maximum absolute atomic E-state index is 14.5. The largest absolute Gasteiger partial charge is 0.497 e. The summed E-state index contributed by atoms with van der Waals surface area (Å²) in [6, 6.07) is 35.8. The minimum Gasteiger partial charge on any atom is -0.497 e. The fourth-order valence-electron chi connectivity index (χ4n) is 6.12. The fraction of sp³-hybridized carbons (Fsp3) is 0.146. The highest BCUT2D eigenvalue weighted by molar-refractivity contribution is 7.13. The minimum atomic E-state index is -0.492. The molecule has 8 nitrogen and oxygen atoms in total. The second kappa shape index (κ2) is 15.3. The van der Waals surface area contributed by atoms with Crippen LogP contribution < -0.4 is 20.1 Å². The lowest BCUT2D eigenvalue weighted by atomic mass is 9.98. The Hall–Kier alpha value is -6.00. The fourth-order valence-corrected chi connectivity index (χ4v) is 6.92. The topological polar surface area (TPSA) is 98.8 Å². The predicted octanol–water partition coefficient (Wildman–Crippen LogP) is 8.51. The number of methoxy groups -OCH3 is 1. The highest BCUT2D eigenvalue weighted by Gasteiger charge is 2.29. The van der Waals surface area contributed by atoms with Crippen LogP contribution in [0.1, 0.15) is 44.2 Å². The number of nitrogens with one attached hydrogen (secondary N) is 2. The summed E-state index contributed by atoms with van der Waals surface area (Å²) in [4.78, 5) is 30.3. The lowest BCUT2D eigenvalue weighted by molar-refractivity contribution is 0.0946. The Kier molecular flexibility index (Phi) is 10.0. The Labute approximate surface area is 298 Å². The number of hydrogen-bond donors (Lipinski definition) is 2. The van der Waals surface area contributed by atoms with Gasteiger partial charge in [-0.05, 0) is 63.7 Å². The number of hydrogen-bond acceptors (Lipinski definition) is 7. The van der Waals surface area contributed by atoms with Crippen LogP contribution in [0, 0.1) is 5.82 Å². The van der Waals surface area contributed by atoms with E-state index in [1.807, 2.05) is 48.5 Å². The van der Waals surface area contributed by atoms with Crippen molar-refractivity contribution < 1.29 is 28.2 Å². The maximum atomic E-state index is 14.5. The van der Waals surface area contributed by atoms with Gasteiger partial charge in [-0.25, -0.2) is 14.2 Å². The third kappa shape index (κ3) is 7.76. The number of carbonyl (C=O) groups excluding carboxylic acids is 2. The number of carbonyl (C=O) groups is 2. The van der Waals surface area contributed by atoms with Crippen molar-refractivity contribution in [3.05, 3.63) is 160 Å². The molecule has 1 aliphatic rings. The van der Waals surface area contributed by atoms with E-state index in [1.165, 1.54) is 28.5 Å². The molecule has 2 N–H and O–H groups in total. The first-order valence-corrected chi connectivity index (χ1v) is 17.3. The number of alkyl carbamates (subject to hydrolysis) is 1. The van der Waals surface area contributed by atoms with E-state index in [1.54, 1.807) is 48.9 Å². The van der Waals surface area contributed by atoms with Crippen molar-refractivity contribution in [1.29, 1.82) is 0 Å². The molecule has 0 bridgehead atoms. The molecule has 10 heteroatoms. The van der Waals surface area contributed by atoms with Crippen molar-refractivity contribution in [2.75, 3.05) is 13.7 Å². The minimum absolute atomic E-state index is 0.0130. The average Bonchev–Trinajstić information content (AvgIpc) is 3.79. The van der Waals surface area contributed by atoms with Gasteiger partial charge < -0.3 is 24.8 Å². The third-order valence-electron chi connectivity index (χ3n) is 8.69. The second-order valence-electron chi connectivity index (χ2n) is 12.0. The molecule has 0 fully saturated rings. The number of benzene rings is 5. The number of nitrogens with zero attached hydrogens (tertiary/aromatic N) is 1. The van der Waals surface area contributed by atoms with E-state index in [2.05, 4.69) is 39.9 Å². The van der Waals surface area contributed by atoms with Crippen molar-refractivity contribution in [3.63, 3.8) is 0 Å². The first kappa shape index (κ1) is 33.5. The van der Waals surface area contributed by atoms with Gasteiger partial charge in [0, 0.05) is 41.6 Å². The highest BCUT2D eigenvalue weighted by atomic mass is 32.1. The average molecular weight is 700 g/mol. The number of halogens is 1. The summed E-state index contributed by atoms with van der Waals surface area (Å²) >= 11 is 1.35. The van der Waals surface area contributed by atoms with Gasteiger partial charge in [0.25, 0.3) is 5.91 Å². The van der Waals surface area contributed by atoms with Crippen molar-refractivity contribution in [2.24, 2.45) is 0 Å². The standard InChI is InChI=1S/C41H34FN3O5S/c1-48-30-10-7-11-31(20-30)49-23-29-19-27(16-17-37(29)42)21-43-39(46)38-25-51-40(45-38)28-9-6-8-26(18-28)22-44-41(47)50-24-36-34-14-4-2-12-32(34)33-13-3-5-15-35(33)36/h2-20,25,36H,21-24H2,1H3,(H,43,46)(H,44,47). The summed E-state index contributed by atoms with van der Waals surface area (Å²) in [7, 11) is 1.57. The molecular formula is C41H34FN3O5S. The summed E-state index contributed by atoms with van der Waals surface area (Å²) in [5.74, 6) is 0.451. The summed E-state index contributed by atoms with van der Waals surface area (Å²) in [5.41, 5.74) is 7.73. The molecule has 0 aliphatic heterocycles. The molecule has 5 aromatic carbocycles. The Morgan fingerprint density at radius 3 is 2.27 bits per heavy atom. The van der Waals surface area contributed by atoms with Crippen LogP contribution >= 0.6 is 11.3 Å². The lowest BCUT2D eigenvalue weighted by Crippen LogP contribution is -2.25. The smallest absolute Gasteiger partial charge is 0.407 e. The summed E-state index contributed by atoms with van der Waals surface area (Å²) in [5, 5.41) is 8.09. The molecule has 2 amide bonds. The predicted molar refractivity (Wildman–Crippen MR) is 194 cm³/mol. The van der Waals surface area contributed by atoms with E-state index >= 15 is 0 Å². The molecule has 0 saturated heterocycles. The molecule has 256 valence electrons. The number of rotatable bonds is 12. The van der Waals surface area contributed by atoms with E-state index in [9.17, 15) is 14.0 Å². The highest BCUT2D eigenvalue weighted by Crippen LogP contribution is 2.44. The van der Waals surface area contributed by atoms with Crippen LogP contribution in [0.15, 0.2) is 121 Å². The van der Waals surface area contributed by atoms with Crippen molar-refractivity contribution in [2.45, 2.75) is 25.6 Å². The van der Waals surface area contributed by atoms with Crippen LogP contribution in [0.4, 0.5) is 9.18 Å². The van der Waals surface area contributed by atoms with E-state index in [-0.39, 0.29) is 43.8 Å². The van der Waals surface area contributed by atoms with Gasteiger partial charge in [0.2, 0.25) is 0 Å². The van der Waals surface area contributed by atoms with E-state index in [0.717, 1.165) is 27.8 Å². The summed E-state index contributed by atoms with van der Waals surface area (Å²) in [6.07, 6.45) is -0.492. The SMILES string of the molecule is COc1cccc(OCc2cc(CNC(=O)c3csc(-c4cccc(CNC(=O)OCC5c6ccccc6-c6ccccc65)c4)n3)ccc2F)c1. The zero-order valence-electron chi connectivity index (χ0n) is 27.7. The van der Waals surface area contributed by atoms with Gasteiger partial charge in [0.15, 0.2) is 0 Å². The van der Waals surface area contributed by atoms with Gasteiger partial charge in [-0.1, -0.05) is 78.9 Å². The van der Waals surface area contributed by atoms with Gasteiger partial charge in [-0.2, -0.15) is 0 Å². The maximum Gasteiger partial charge on any atom is 0.407 e. The monoisotopic (exact) mass is 699 g/mol. The normalized spacial score (nSPS) is 11.7. The molecule has 0 atom stereocenters. The van der Waals surface area contributed by atoms with Gasteiger partial charge in [0.05, 0.1) is 7.11 Å². The molecule has 1 heterocycles. The van der Waals surface area contributed by atoms with Crippen LogP contribution in [0.25, 0.3) is 21.7 Å². The summed E-state index contributed by atoms with van der Waals surface area (Å²) in [6.45, 7) is 0.726. The van der Waals surface area contributed by atoms with E-state index in [4.69, 9.17) is 14.2 Å². The molecule has 6 aromatic rings.